The van der Waals surface area contributed by atoms with Crippen molar-refractivity contribution < 1.29 is 19.3 Å². The maximum Gasteiger partial charge on any atom is 0.325 e. The first kappa shape index (κ1) is 20.3. The molecule has 0 aromatic heterocycles. The molecular weight excluding hydrogens is 380 g/mol. The predicted octanol–water partition coefficient (Wildman–Crippen LogP) is 0.787. The summed E-state index contributed by atoms with van der Waals surface area (Å²) in [7, 11) is 0. The quantitative estimate of drug-likeness (QED) is 0.717. The highest BCUT2D eigenvalue weighted by molar-refractivity contribution is 6.08. The summed E-state index contributed by atoms with van der Waals surface area (Å²) in [6.45, 7) is 7.25. The first-order valence-electron chi connectivity index (χ1n) is 10.6. The molecule has 0 aliphatic carbocycles. The van der Waals surface area contributed by atoms with Crippen LogP contribution in [0.5, 0.6) is 0 Å². The van der Waals surface area contributed by atoms with Crippen LogP contribution in [-0.4, -0.2) is 65.9 Å². The second-order valence-electron chi connectivity index (χ2n) is 8.45. The number of amides is 4. The van der Waals surface area contributed by atoms with Crippen LogP contribution in [0, 0.1) is 0 Å². The molecule has 4 amide bonds. The number of nitrogens with zero attached hydrogens (tertiary/aromatic N) is 2. The Labute approximate surface area is 176 Å². The summed E-state index contributed by atoms with van der Waals surface area (Å²) >= 11 is 0. The topological polar surface area (TPSA) is 74.2 Å². The van der Waals surface area contributed by atoms with Crippen molar-refractivity contribution in [1.82, 2.24) is 15.1 Å². The van der Waals surface area contributed by atoms with Gasteiger partial charge < -0.3 is 15.1 Å². The van der Waals surface area contributed by atoms with Crippen LogP contribution in [-0.2, 0) is 16.1 Å². The largest absolute Gasteiger partial charge is 0.330 e. The summed E-state index contributed by atoms with van der Waals surface area (Å²) in [4.78, 5) is 41.7. The Balaban J connectivity index is 1.34. The average Bonchev–Trinajstić information content (AvgIpc) is 2.98. The van der Waals surface area contributed by atoms with E-state index in [1.165, 1.54) is 21.2 Å². The number of nitrogens with one attached hydrogen (secondary N) is 2. The zero-order valence-corrected chi connectivity index (χ0v) is 17.6. The third kappa shape index (κ3) is 3.77. The number of quaternary nitrogens is 1. The van der Waals surface area contributed by atoms with Gasteiger partial charge in [-0.05, 0) is 24.1 Å². The zero-order chi connectivity index (χ0) is 21.3. The molecule has 0 spiro atoms. The minimum Gasteiger partial charge on any atom is -0.330 e. The SMILES string of the molecule is CC[C@@]1(C)NC(=O)N(CC(=O)N2CC[NH+](Cc3cccc4ccccc34)CC2)C1=O. The van der Waals surface area contributed by atoms with Gasteiger partial charge in [0.1, 0.15) is 18.6 Å². The number of hydrogen-bond donors (Lipinski definition) is 2. The van der Waals surface area contributed by atoms with E-state index in [2.05, 4.69) is 47.8 Å². The Morgan fingerprint density at radius 1 is 1.10 bits per heavy atom. The number of rotatable bonds is 5. The number of urea groups is 1. The highest BCUT2D eigenvalue weighted by Crippen LogP contribution is 2.21. The molecule has 2 saturated heterocycles. The Hall–Kier alpha value is -2.93. The van der Waals surface area contributed by atoms with Gasteiger partial charge in [-0.25, -0.2) is 4.79 Å². The van der Waals surface area contributed by atoms with Crippen LogP contribution in [0.15, 0.2) is 42.5 Å². The van der Waals surface area contributed by atoms with E-state index in [1.807, 2.05) is 6.92 Å². The summed E-state index contributed by atoms with van der Waals surface area (Å²) in [5, 5.41) is 5.23. The third-order valence-electron chi connectivity index (χ3n) is 6.49. The van der Waals surface area contributed by atoms with Crippen molar-refractivity contribution in [2.75, 3.05) is 32.7 Å². The fourth-order valence-electron chi connectivity index (χ4n) is 4.33. The van der Waals surface area contributed by atoms with E-state index in [1.54, 1.807) is 11.8 Å². The minimum absolute atomic E-state index is 0.164. The second kappa shape index (κ2) is 8.07. The first-order valence-corrected chi connectivity index (χ1v) is 10.6. The van der Waals surface area contributed by atoms with E-state index in [-0.39, 0.29) is 18.4 Å². The van der Waals surface area contributed by atoms with Gasteiger partial charge >= 0.3 is 6.03 Å². The Bertz CT molecular complexity index is 978. The van der Waals surface area contributed by atoms with E-state index >= 15 is 0 Å². The highest BCUT2D eigenvalue weighted by atomic mass is 16.2. The van der Waals surface area contributed by atoms with Gasteiger partial charge in [0, 0.05) is 5.56 Å². The number of fused-ring (bicyclic) bond motifs is 1. The third-order valence-corrected chi connectivity index (χ3v) is 6.49. The number of piperazine rings is 1. The number of carbonyl (C=O) groups excluding carboxylic acids is 3. The smallest absolute Gasteiger partial charge is 0.325 e. The molecule has 4 rings (SSSR count). The summed E-state index contributed by atoms with van der Waals surface area (Å²) in [5.41, 5.74) is 0.416. The Morgan fingerprint density at radius 2 is 1.80 bits per heavy atom. The first-order chi connectivity index (χ1) is 14.4. The van der Waals surface area contributed by atoms with Crippen LogP contribution in [0.1, 0.15) is 25.8 Å². The van der Waals surface area contributed by atoms with Gasteiger partial charge in [-0.15, -0.1) is 0 Å². The van der Waals surface area contributed by atoms with Crippen molar-refractivity contribution in [1.29, 1.82) is 0 Å². The van der Waals surface area contributed by atoms with Crippen molar-refractivity contribution >= 4 is 28.6 Å². The van der Waals surface area contributed by atoms with Crippen LogP contribution in [0.2, 0.25) is 0 Å². The summed E-state index contributed by atoms with van der Waals surface area (Å²) in [6, 6.07) is 14.3. The molecule has 158 valence electrons. The number of imide groups is 1. The molecule has 2 heterocycles. The number of hydrogen-bond acceptors (Lipinski definition) is 3. The number of benzene rings is 2. The molecule has 2 fully saturated rings. The fraction of sp³-hybridized carbons (Fsp3) is 0.435. The molecule has 30 heavy (non-hydrogen) atoms. The maximum absolute atomic E-state index is 12.7. The molecule has 2 N–H and O–H groups in total. The van der Waals surface area contributed by atoms with Crippen LogP contribution in [0.25, 0.3) is 10.8 Å². The van der Waals surface area contributed by atoms with Gasteiger partial charge in [-0.3, -0.25) is 14.5 Å². The van der Waals surface area contributed by atoms with Gasteiger partial charge in [0.2, 0.25) is 5.91 Å². The molecule has 2 aromatic rings. The lowest BCUT2D eigenvalue weighted by atomic mass is 9.99. The van der Waals surface area contributed by atoms with Crippen molar-refractivity contribution in [3.8, 4) is 0 Å². The number of carbonyl (C=O) groups is 3. The highest BCUT2D eigenvalue weighted by Gasteiger charge is 2.47. The zero-order valence-electron chi connectivity index (χ0n) is 17.6. The molecule has 0 unspecified atom stereocenters. The van der Waals surface area contributed by atoms with Crippen molar-refractivity contribution in [2.24, 2.45) is 0 Å². The lowest BCUT2D eigenvalue weighted by Crippen LogP contribution is -3.13. The van der Waals surface area contributed by atoms with Crippen molar-refractivity contribution in [3.63, 3.8) is 0 Å². The molecule has 2 aliphatic heterocycles. The monoisotopic (exact) mass is 409 g/mol. The predicted molar refractivity (Wildman–Crippen MR) is 114 cm³/mol. The molecule has 0 bridgehead atoms. The summed E-state index contributed by atoms with van der Waals surface area (Å²) in [6.07, 6.45) is 0.498. The van der Waals surface area contributed by atoms with Crippen LogP contribution in [0.4, 0.5) is 4.79 Å². The maximum atomic E-state index is 12.7. The summed E-state index contributed by atoms with van der Waals surface area (Å²) < 4.78 is 0. The molecule has 1 atom stereocenters. The van der Waals surface area contributed by atoms with E-state index in [0.29, 0.717) is 19.5 Å². The van der Waals surface area contributed by atoms with Gasteiger partial charge in [0.25, 0.3) is 5.91 Å². The molecule has 2 aliphatic rings. The second-order valence-corrected chi connectivity index (χ2v) is 8.45. The van der Waals surface area contributed by atoms with E-state index < -0.39 is 11.6 Å². The van der Waals surface area contributed by atoms with Gasteiger partial charge in [0.15, 0.2) is 0 Å². The molecule has 0 saturated carbocycles. The molecule has 7 nitrogen and oxygen atoms in total. The fourth-order valence-corrected chi connectivity index (χ4v) is 4.33. The normalized spacial score (nSPS) is 22.6. The Morgan fingerprint density at radius 3 is 2.50 bits per heavy atom. The molecule has 7 heteroatoms. The molecule has 0 radical (unpaired) electrons. The van der Waals surface area contributed by atoms with Crippen LogP contribution < -0.4 is 10.2 Å². The van der Waals surface area contributed by atoms with Gasteiger partial charge in [-0.2, -0.15) is 0 Å². The molecule has 2 aromatic carbocycles. The van der Waals surface area contributed by atoms with E-state index in [9.17, 15) is 14.4 Å². The van der Waals surface area contributed by atoms with Gasteiger partial charge in [-0.1, -0.05) is 49.4 Å². The van der Waals surface area contributed by atoms with E-state index in [4.69, 9.17) is 0 Å². The van der Waals surface area contributed by atoms with Crippen LogP contribution >= 0.6 is 0 Å². The van der Waals surface area contributed by atoms with E-state index in [0.717, 1.165) is 24.5 Å². The van der Waals surface area contributed by atoms with Crippen molar-refractivity contribution in [3.05, 3.63) is 48.0 Å². The Kier molecular flexibility index (Phi) is 5.47. The lowest BCUT2D eigenvalue weighted by molar-refractivity contribution is -0.917. The summed E-state index contributed by atoms with van der Waals surface area (Å²) in [5.74, 6) is -0.480. The lowest BCUT2D eigenvalue weighted by Gasteiger charge is -2.33. The van der Waals surface area contributed by atoms with Crippen LogP contribution in [0.3, 0.4) is 0 Å². The molecular formula is C23H29N4O3+. The van der Waals surface area contributed by atoms with Crippen molar-refractivity contribution in [2.45, 2.75) is 32.4 Å². The minimum atomic E-state index is -0.904. The average molecular weight is 410 g/mol. The van der Waals surface area contributed by atoms with Gasteiger partial charge in [0.05, 0.1) is 26.2 Å². The standard InChI is InChI=1S/C23H28N4O3/c1-3-23(2)21(29)27(22(30)24-23)16-20(28)26-13-11-25(12-14-26)15-18-9-6-8-17-7-4-5-10-19(17)18/h4-10H,3,11-16H2,1-2H3,(H,24,30)/p+1/t23-/m1/s1.